The van der Waals surface area contributed by atoms with E-state index in [4.69, 9.17) is 10.5 Å². The van der Waals surface area contributed by atoms with Gasteiger partial charge in [0.25, 0.3) is 0 Å². The van der Waals surface area contributed by atoms with Crippen molar-refractivity contribution in [2.75, 3.05) is 5.73 Å². The van der Waals surface area contributed by atoms with E-state index in [1.807, 2.05) is 36.0 Å². The summed E-state index contributed by atoms with van der Waals surface area (Å²) in [5, 5.41) is 4.21. The summed E-state index contributed by atoms with van der Waals surface area (Å²) < 4.78 is 7.53. The van der Waals surface area contributed by atoms with E-state index in [0.29, 0.717) is 23.2 Å². The zero-order valence-corrected chi connectivity index (χ0v) is 10.3. The molecule has 0 aliphatic rings. The molecule has 1 aromatic heterocycles. The number of aryl methyl sites for hydroxylation is 1. The minimum absolute atomic E-state index is 0.322. The Bertz CT molecular complexity index is 517. The number of rotatable bonds is 3. The van der Waals surface area contributed by atoms with Gasteiger partial charge >= 0.3 is 0 Å². The number of nitrogens with zero attached hydrogens (tertiary/aromatic N) is 2. The smallest absolute Gasteiger partial charge is 0.165 e. The van der Waals surface area contributed by atoms with E-state index in [1.54, 1.807) is 6.20 Å². The first kappa shape index (κ1) is 11.5. The molecule has 1 heterocycles. The van der Waals surface area contributed by atoms with Gasteiger partial charge in [-0.25, -0.2) is 0 Å². The number of anilines is 1. The van der Waals surface area contributed by atoms with Crippen molar-refractivity contribution >= 4 is 5.69 Å². The number of nitrogen functional groups attached to an aromatic ring is 1. The van der Waals surface area contributed by atoms with Crippen LogP contribution >= 0.6 is 0 Å². The van der Waals surface area contributed by atoms with Gasteiger partial charge in [0.1, 0.15) is 5.75 Å². The van der Waals surface area contributed by atoms with Crippen LogP contribution in [-0.2, 0) is 0 Å². The van der Waals surface area contributed by atoms with Crippen LogP contribution in [0.15, 0.2) is 30.6 Å². The molecule has 90 valence electrons. The summed E-state index contributed by atoms with van der Waals surface area (Å²) in [6, 6.07) is 6.06. The van der Waals surface area contributed by atoms with Crippen molar-refractivity contribution in [2.45, 2.75) is 26.8 Å². The molecule has 17 heavy (non-hydrogen) atoms. The highest BCUT2D eigenvalue weighted by atomic mass is 16.5. The average molecular weight is 231 g/mol. The van der Waals surface area contributed by atoms with Crippen LogP contribution in [0.3, 0.4) is 0 Å². The molecule has 0 radical (unpaired) electrons. The minimum atomic E-state index is 0.322. The Balaban J connectivity index is 2.19. The van der Waals surface area contributed by atoms with Gasteiger partial charge < -0.3 is 10.5 Å². The second kappa shape index (κ2) is 4.49. The quantitative estimate of drug-likeness (QED) is 0.825. The van der Waals surface area contributed by atoms with Gasteiger partial charge in [-0.2, -0.15) is 5.10 Å². The van der Waals surface area contributed by atoms with E-state index in [1.165, 1.54) is 0 Å². The molecule has 2 N–H and O–H groups in total. The van der Waals surface area contributed by atoms with Crippen molar-refractivity contribution in [3.8, 4) is 11.5 Å². The molecule has 0 aliphatic carbocycles. The summed E-state index contributed by atoms with van der Waals surface area (Å²) in [6.45, 7) is 6.13. The summed E-state index contributed by atoms with van der Waals surface area (Å²) in [7, 11) is 0. The first-order chi connectivity index (χ1) is 8.06. The third-order valence-electron chi connectivity index (χ3n) is 2.50. The number of ether oxygens (including phenoxy) is 1. The Morgan fingerprint density at radius 3 is 2.71 bits per heavy atom. The third-order valence-corrected chi connectivity index (χ3v) is 2.50. The van der Waals surface area contributed by atoms with Crippen molar-refractivity contribution < 1.29 is 4.74 Å². The van der Waals surface area contributed by atoms with E-state index < -0.39 is 0 Å². The van der Waals surface area contributed by atoms with Crippen LogP contribution in [0.1, 0.15) is 25.5 Å². The Kier molecular flexibility index (Phi) is 3.04. The number of benzene rings is 1. The van der Waals surface area contributed by atoms with Crippen LogP contribution < -0.4 is 10.5 Å². The van der Waals surface area contributed by atoms with Gasteiger partial charge in [-0.15, -0.1) is 0 Å². The van der Waals surface area contributed by atoms with Gasteiger partial charge in [-0.05, 0) is 38.5 Å². The molecule has 0 atom stereocenters. The molecule has 4 nitrogen and oxygen atoms in total. The molecule has 4 heteroatoms. The maximum absolute atomic E-state index is 5.88. The Morgan fingerprint density at radius 1 is 1.35 bits per heavy atom. The summed E-state index contributed by atoms with van der Waals surface area (Å²) in [5.74, 6) is 1.37. The van der Waals surface area contributed by atoms with Gasteiger partial charge in [-0.1, -0.05) is 6.07 Å². The Hall–Kier alpha value is -1.97. The molecule has 0 fully saturated rings. The second-order valence-electron chi connectivity index (χ2n) is 4.39. The van der Waals surface area contributed by atoms with Crippen molar-refractivity contribution in [1.82, 2.24) is 9.78 Å². The number of hydrogen-bond acceptors (Lipinski definition) is 3. The largest absolute Gasteiger partial charge is 0.452 e. The van der Waals surface area contributed by atoms with Gasteiger partial charge in [0.15, 0.2) is 5.75 Å². The maximum Gasteiger partial charge on any atom is 0.165 e. The van der Waals surface area contributed by atoms with Gasteiger partial charge in [0, 0.05) is 6.04 Å². The predicted molar refractivity (Wildman–Crippen MR) is 68.3 cm³/mol. The summed E-state index contributed by atoms with van der Waals surface area (Å²) in [5.41, 5.74) is 7.64. The minimum Gasteiger partial charge on any atom is -0.452 e. The molecular weight excluding hydrogens is 214 g/mol. The van der Waals surface area contributed by atoms with E-state index in [-0.39, 0.29) is 0 Å². The summed E-state index contributed by atoms with van der Waals surface area (Å²) in [4.78, 5) is 0. The summed E-state index contributed by atoms with van der Waals surface area (Å²) in [6.07, 6.45) is 3.56. The number of aromatic nitrogens is 2. The Morgan fingerprint density at radius 2 is 2.12 bits per heavy atom. The van der Waals surface area contributed by atoms with E-state index in [0.717, 1.165) is 5.56 Å². The fourth-order valence-electron chi connectivity index (χ4n) is 1.54. The lowest BCUT2D eigenvalue weighted by molar-refractivity contribution is 0.479. The molecule has 0 aliphatic heterocycles. The van der Waals surface area contributed by atoms with E-state index >= 15 is 0 Å². The number of hydrogen-bond donors (Lipinski definition) is 1. The maximum atomic E-state index is 5.88. The molecule has 0 saturated carbocycles. The van der Waals surface area contributed by atoms with Crippen LogP contribution in [0.25, 0.3) is 0 Å². The molecule has 0 bridgehead atoms. The van der Waals surface area contributed by atoms with Crippen molar-refractivity contribution in [1.29, 1.82) is 0 Å². The first-order valence-corrected chi connectivity index (χ1v) is 5.64. The standard InChI is InChI=1S/C13H17N3O/c1-9(2)16-8-11(7-15-16)17-13-5-4-10(3)6-12(13)14/h4-9H,14H2,1-3H3. The SMILES string of the molecule is Cc1ccc(Oc2cnn(C(C)C)c2)c(N)c1. The fraction of sp³-hybridized carbons (Fsp3) is 0.308. The molecule has 0 saturated heterocycles. The van der Waals surface area contributed by atoms with Crippen LogP contribution in [0.5, 0.6) is 11.5 Å². The second-order valence-corrected chi connectivity index (χ2v) is 4.39. The number of nitrogens with two attached hydrogens (primary N) is 1. The first-order valence-electron chi connectivity index (χ1n) is 5.64. The predicted octanol–water partition coefficient (Wildman–Crippen LogP) is 3.15. The van der Waals surface area contributed by atoms with Crippen molar-refractivity contribution in [3.05, 3.63) is 36.2 Å². The molecule has 2 rings (SSSR count). The van der Waals surface area contributed by atoms with Crippen LogP contribution in [0, 0.1) is 6.92 Å². The van der Waals surface area contributed by atoms with E-state index in [2.05, 4.69) is 18.9 Å². The zero-order chi connectivity index (χ0) is 12.4. The van der Waals surface area contributed by atoms with Crippen LogP contribution in [-0.4, -0.2) is 9.78 Å². The average Bonchev–Trinajstić information content (AvgIpc) is 2.71. The van der Waals surface area contributed by atoms with Crippen LogP contribution in [0.2, 0.25) is 0 Å². The normalized spacial score (nSPS) is 10.8. The fourth-order valence-corrected chi connectivity index (χ4v) is 1.54. The molecule has 0 amide bonds. The third kappa shape index (κ3) is 2.58. The van der Waals surface area contributed by atoms with Gasteiger partial charge in [0.2, 0.25) is 0 Å². The zero-order valence-electron chi connectivity index (χ0n) is 10.3. The monoisotopic (exact) mass is 231 g/mol. The highest BCUT2D eigenvalue weighted by molar-refractivity contribution is 5.55. The highest BCUT2D eigenvalue weighted by Crippen LogP contribution is 2.28. The molecule has 0 unspecified atom stereocenters. The molecule has 2 aromatic rings. The lowest BCUT2D eigenvalue weighted by Gasteiger charge is -2.07. The van der Waals surface area contributed by atoms with Gasteiger partial charge in [0.05, 0.1) is 18.1 Å². The van der Waals surface area contributed by atoms with E-state index in [9.17, 15) is 0 Å². The highest BCUT2D eigenvalue weighted by Gasteiger charge is 2.06. The van der Waals surface area contributed by atoms with Crippen molar-refractivity contribution in [3.63, 3.8) is 0 Å². The molecule has 0 spiro atoms. The lowest BCUT2D eigenvalue weighted by Crippen LogP contribution is -1.99. The molecular formula is C13H17N3O. The Labute approximate surface area is 101 Å². The van der Waals surface area contributed by atoms with Crippen LogP contribution in [0.4, 0.5) is 5.69 Å². The summed E-state index contributed by atoms with van der Waals surface area (Å²) >= 11 is 0. The molecule has 1 aromatic carbocycles. The van der Waals surface area contributed by atoms with Gasteiger partial charge in [-0.3, -0.25) is 4.68 Å². The van der Waals surface area contributed by atoms with Crippen molar-refractivity contribution in [2.24, 2.45) is 0 Å². The topological polar surface area (TPSA) is 53.1 Å². The lowest BCUT2D eigenvalue weighted by atomic mass is 10.2.